The fourth-order valence-corrected chi connectivity index (χ4v) is 4.95. The number of carbonyl (C=O) groups excluding carboxylic acids is 2. The lowest BCUT2D eigenvalue weighted by Gasteiger charge is -2.30. The minimum atomic E-state index is -3.79. The Morgan fingerprint density at radius 1 is 1.11 bits per heavy atom. The summed E-state index contributed by atoms with van der Waals surface area (Å²) in [5.74, 6) is -1.36. The van der Waals surface area contributed by atoms with Gasteiger partial charge in [0.1, 0.15) is 11.9 Å². The molecular weight excluding hydrogens is 528 g/mol. The summed E-state index contributed by atoms with van der Waals surface area (Å²) in [6.07, 6.45) is 1.77. The molecule has 0 fully saturated rings. The summed E-state index contributed by atoms with van der Waals surface area (Å²) < 4.78 is 39.8. The highest BCUT2D eigenvalue weighted by Gasteiger charge is 2.28. The molecule has 0 spiro atoms. The average molecular weight is 561 g/mol. The van der Waals surface area contributed by atoms with Crippen LogP contribution in [0.3, 0.4) is 0 Å². The highest BCUT2D eigenvalue weighted by molar-refractivity contribution is 7.92. The van der Waals surface area contributed by atoms with Crippen molar-refractivity contribution in [3.8, 4) is 0 Å². The summed E-state index contributed by atoms with van der Waals surface area (Å²) in [5, 5.41) is 3.68. The van der Waals surface area contributed by atoms with Gasteiger partial charge < -0.3 is 10.2 Å². The van der Waals surface area contributed by atoms with Crippen LogP contribution in [0, 0.1) is 5.82 Å². The van der Waals surface area contributed by atoms with Crippen molar-refractivity contribution in [1.29, 1.82) is 0 Å². The number of anilines is 1. The van der Waals surface area contributed by atoms with Crippen LogP contribution in [-0.4, -0.2) is 50.0 Å². The van der Waals surface area contributed by atoms with Gasteiger partial charge in [-0.05, 0) is 56.5 Å². The second-order valence-electron chi connectivity index (χ2n) is 8.64. The monoisotopic (exact) mass is 559 g/mol. The third-order valence-electron chi connectivity index (χ3n) is 5.80. The average Bonchev–Trinajstić information content (AvgIpc) is 2.80. The minimum Gasteiger partial charge on any atom is -0.352 e. The third kappa shape index (κ3) is 8.35. The Bertz CT molecular complexity index is 1180. The maximum absolute atomic E-state index is 14.3. The van der Waals surface area contributed by atoms with E-state index < -0.39 is 21.9 Å². The van der Waals surface area contributed by atoms with E-state index in [1.54, 1.807) is 25.1 Å². The van der Waals surface area contributed by atoms with Crippen LogP contribution in [-0.2, 0) is 26.2 Å². The first-order chi connectivity index (χ1) is 16.8. The van der Waals surface area contributed by atoms with Gasteiger partial charge in [0, 0.05) is 35.6 Å². The van der Waals surface area contributed by atoms with E-state index in [1.807, 2.05) is 13.8 Å². The fraction of sp³-hybridized carbons (Fsp3) is 0.440. The van der Waals surface area contributed by atoms with E-state index in [-0.39, 0.29) is 49.5 Å². The first-order valence-corrected chi connectivity index (χ1v) is 14.2. The summed E-state index contributed by atoms with van der Waals surface area (Å²) in [7, 11) is -3.79. The van der Waals surface area contributed by atoms with Gasteiger partial charge in [0.15, 0.2) is 0 Å². The van der Waals surface area contributed by atoms with Crippen LogP contribution < -0.4 is 9.62 Å². The molecule has 7 nitrogen and oxygen atoms in total. The van der Waals surface area contributed by atoms with Crippen molar-refractivity contribution in [2.45, 2.75) is 58.7 Å². The number of hydrogen-bond donors (Lipinski definition) is 1. The molecule has 2 aromatic carbocycles. The molecule has 1 N–H and O–H groups in total. The number of amides is 2. The maximum atomic E-state index is 14.3. The molecule has 2 atom stereocenters. The van der Waals surface area contributed by atoms with E-state index in [0.29, 0.717) is 15.6 Å². The SMILES string of the molecule is CC[C@H](C)NC(=O)[C@H](C)N(Cc1ccc(Cl)cc1Cl)C(=O)CCCN(c1ccccc1F)S(C)(=O)=O. The molecule has 0 bridgehead atoms. The standard InChI is InChI=1S/C25H32Cl2FN3O4S/c1-5-17(2)29-25(33)18(3)30(16-19-12-13-20(26)15-21(19)27)24(32)11-8-14-31(36(4,34)35)23-10-7-6-9-22(23)28/h6-7,9-10,12-13,15,17-18H,5,8,11,14,16H2,1-4H3,(H,29,33)/t17-,18-/m0/s1. The van der Waals surface area contributed by atoms with Gasteiger partial charge in [0.25, 0.3) is 0 Å². The normalized spacial score (nSPS) is 13.1. The van der Waals surface area contributed by atoms with Crippen molar-refractivity contribution < 1.29 is 22.4 Å². The third-order valence-corrected chi connectivity index (χ3v) is 7.56. The molecule has 0 aliphatic carbocycles. The largest absolute Gasteiger partial charge is 0.352 e. The van der Waals surface area contributed by atoms with Crippen LogP contribution in [0.4, 0.5) is 10.1 Å². The lowest BCUT2D eigenvalue weighted by molar-refractivity contribution is -0.140. The van der Waals surface area contributed by atoms with Gasteiger partial charge in [-0.3, -0.25) is 13.9 Å². The Balaban J connectivity index is 2.22. The van der Waals surface area contributed by atoms with Crippen molar-refractivity contribution in [2.75, 3.05) is 17.1 Å². The molecule has 2 aromatic rings. The number of nitrogens with zero attached hydrogens (tertiary/aromatic N) is 2. The van der Waals surface area contributed by atoms with E-state index in [2.05, 4.69) is 5.32 Å². The van der Waals surface area contributed by atoms with Crippen LogP contribution in [0.2, 0.25) is 10.0 Å². The molecule has 0 aliphatic rings. The molecule has 0 radical (unpaired) electrons. The Kier molecular flexibility index (Phi) is 11.0. The van der Waals surface area contributed by atoms with Crippen LogP contribution >= 0.6 is 23.2 Å². The van der Waals surface area contributed by atoms with Crippen molar-refractivity contribution in [2.24, 2.45) is 0 Å². The first-order valence-electron chi connectivity index (χ1n) is 11.6. The van der Waals surface area contributed by atoms with Crippen molar-refractivity contribution in [1.82, 2.24) is 10.2 Å². The Morgan fingerprint density at radius 2 is 1.78 bits per heavy atom. The second-order valence-corrected chi connectivity index (χ2v) is 11.4. The molecule has 0 heterocycles. The molecule has 2 rings (SSSR count). The van der Waals surface area contributed by atoms with E-state index in [1.165, 1.54) is 29.2 Å². The number of benzene rings is 2. The minimum absolute atomic E-state index is 0.0625. The topological polar surface area (TPSA) is 86.8 Å². The zero-order valence-electron chi connectivity index (χ0n) is 20.8. The molecule has 36 heavy (non-hydrogen) atoms. The lowest BCUT2D eigenvalue weighted by Crippen LogP contribution is -2.49. The van der Waals surface area contributed by atoms with Gasteiger partial charge in [-0.15, -0.1) is 0 Å². The molecule has 0 unspecified atom stereocenters. The van der Waals surface area contributed by atoms with E-state index in [4.69, 9.17) is 23.2 Å². The number of hydrogen-bond acceptors (Lipinski definition) is 4. The first kappa shape index (κ1) is 29.9. The molecule has 0 aliphatic heterocycles. The van der Waals surface area contributed by atoms with Gasteiger partial charge in [0.05, 0.1) is 11.9 Å². The summed E-state index contributed by atoms with van der Waals surface area (Å²) in [6, 6.07) is 9.56. The summed E-state index contributed by atoms with van der Waals surface area (Å²) in [6.45, 7) is 5.40. The molecule has 0 aromatic heterocycles. The van der Waals surface area contributed by atoms with E-state index >= 15 is 0 Å². The Labute approximate surface area is 222 Å². The predicted molar refractivity (Wildman–Crippen MR) is 142 cm³/mol. The van der Waals surface area contributed by atoms with Crippen LogP contribution in [0.15, 0.2) is 42.5 Å². The smallest absolute Gasteiger partial charge is 0.242 e. The molecule has 0 saturated heterocycles. The van der Waals surface area contributed by atoms with Crippen molar-refractivity contribution in [3.05, 3.63) is 63.9 Å². The molecule has 198 valence electrons. The number of rotatable bonds is 12. The summed E-state index contributed by atoms with van der Waals surface area (Å²) >= 11 is 12.3. The van der Waals surface area contributed by atoms with Crippen molar-refractivity contribution >= 4 is 50.7 Å². The number of halogens is 3. The number of nitrogens with one attached hydrogen (secondary N) is 1. The second kappa shape index (κ2) is 13.3. The van der Waals surface area contributed by atoms with Gasteiger partial charge in [-0.25, -0.2) is 12.8 Å². The van der Waals surface area contributed by atoms with Gasteiger partial charge in [0.2, 0.25) is 21.8 Å². The highest BCUT2D eigenvalue weighted by Crippen LogP contribution is 2.25. The lowest BCUT2D eigenvalue weighted by atomic mass is 10.1. The van der Waals surface area contributed by atoms with E-state index in [0.717, 1.165) is 17.0 Å². The Hall–Kier alpha value is -2.36. The quantitative estimate of drug-likeness (QED) is 0.396. The maximum Gasteiger partial charge on any atom is 0.242 e. The van der Waals surface area contributed by atoms with Gasteiger partial charge in [-0.2, -0.15) is 0 Å². The zero-order chi connectivity index (χ0) is 27.0. The fourth-order valence-electron chi connectivity index (χ4n) is 3.52. The predicted octanol–water partition coefficient (Wildman–Crippen LogP) is 5.01. The molecule has 0 saturated carbocycles. The summed E-state index contributed by atoms with van der Waals surface area (Å²) in [4.78, 5) is 27.5. The van der Waals surface area contributed by atoms with Gasteiger partial charge in [-0.1, -0.05) is 48.3 Å². The Morgan fingerprint density at radius 3 is 2.36 bits per heavy atom. The number of sulfonamides is 1. The van der Waals surface area contributed by atoms with Crippen LogP contribution in [0.25, 0.3) is 0 Å². The zero-order valence-corrected chi connectivity index (χ0v) is 23.1. The van der Waals surface area contributed by atoms with Crippen LogP contribution in [0.1, 0.15) is 45.6 Å². The molecule has 11 heteroatoms. The van der Waals surface area contributed by atoms with Crippen molar-refractivity contribution in [3.63, 3.8) is 0 Å². The van der Waals surface area contributed by atoms with E-state index in [9.17, 15) is 22.4 Å². The molecule has 2 amide bonds. The number of para-hydroxylation sites is 1. The number of carbonyl (C=O) groups is 2. The van der Waals surface area contributed by atoms with Crippen LogP contribution in [0.5, 0.6) is 0 Å². The highest BCUT2D eigenvalue weighted by atomic mass is 35.5. The van der Waals surface area contributed by atoms with Gasteiger partial charge >= 0.3 is 0 Å². The summed E-state index contributed by atoms with van der Waals surface area (Å²) in [5.41, 5.74) is 0.528. The molecular formula is C25H32Cl2FN3O4S.